The topological polar surface area (TPSA) is 56.7 Å². The summed E-state index contributed by atoms with van der Waals surface area (Å²) in [4.78, 5) is 15.0. The van der Waals surface area contributed by atoms with Gasteiger partial charge in [-0.05, 0) is 47.0 Å². The van der Waals surface area contributed by atoms with Gasteiger partial charge in [0.25, 0.3) is 0 Å². The monoisotopic (exact) mass is 716 g/mol. The van der Waals surface area contributed by atoms with Gasteiger partial charge in [0.1, 0.15) is 11.2 Å². The molecule has 0 atom stereocenters. The summed E-state index contributed by atoms with van der Waals surface area (Å²) in [5, 5.41) is 4.67. The number of furan rings is 1. The highest BCUT2D eigenvalue weighted by atomic mass is 16.3. The molecular formula is C51H32N4O. The van der Waals surface area contributed by atoms with E-state index in [1.807, 2.05) is 78.9 Å². The van der Waals surface area contributed by atoms with Crippen LogP contribution in [0.5, 0.6) is 0 Å². The van der Waals surface area contributed by atoms with Crippen LogP contribution >= 0.6 is 0 Å². The summed E-state index contributed by atoms with van der Waals surface area (Å²) in [6, 6.07) is 67.4. The second-order valence-electron chi connectivity index (χ2n) is 14.0. The van der Waals surface area contributed by atoms with E-state index in [-0.39, 0.29) is 0 Å². The Labute approximate surface area is 322 Å². The molecule has 0 spiro atoms. The van der Waals surface area contributed by atoms with E-state index in [9.17, 15) is 0 Å². The smallest absolute Gasteiger partial charge is 0.164 e. The van der Waals surface area contributed by atoms with Gasteiger partial charge in [0, 0.05) is 49.5 Å². The molecule has 0 amide bonds. The predicted molar refractivity (Wildman–Crippen MR) is 229 cm³/mol. The molecule has 0 saturated heterocycles. The number of aromatic nitrogens is 4. The molecule has 262 valence electrons. The van der Waals surface area contributed by atoms with Crippen molar-refractivity contribution in [3.05, 3.63) is 194 Å². The number of benzene rings is 8. The van der Waals surface area contributed by atoms with Crippen molar-refractivity contribution >= 4 is 43.7 Å². The molecule has 11 aromatic rings. The minimum atomic E-state index is 0.631. The van der Waals surface area contributed by atoms with E-state index >= 15 is 0 Å². The highest BCUT2D eigenvalue weighted by Gasteiger charge is 2.18. The van der Waals surface area contributed by atoms with Gasteiger partial charge in [-0.25, -0.2) is 15.0 Å². The lowest BCUT2D eigenvalue weighted by Crippen LogP contribution is -2.01. The predicted octanol–water partition coefficient (Wildman–Crippen LogP) is 13.2. The Morgan fingerprint density at radius 2 is 0.893 bits per heavy atom. The Balaban J connectivity index is 1.03. The Morgan fingerprint density at radius 3 is 1.64 bits per heavy atom. The number of para-hydroxylation sites is 3. The largest absolute Gasteiger partial charge is 0.455 e. The first-order valence-electron chi connectivity index (χ1n) is 18.8. The summed E-state index contributed by atoms with van der Waals surface area (Å²) in [6.07, 6.45) is 0. The molecule has 0 fully saturated rings. The Kier molecular flexibility index (Phi) is 7.42. The maximum Gasteiger partial charge on any atom is 0.164 e. The van der Waals surface area contributed by atoms with Crippen molar-refractivity contribution in [3.8, 4) is 62.1 Å². The van der Waals surface area contributed by atoms with Crippen molar-refractivity contribution in [3.63, 3.8) is 0 Å². The van der Waals surface area contributed by atoms with E-state index in [0.717, 1.165) is 77.6 Å². The molecule has 0 aliphatic rings. The highest BCUT2D eigenvalue weighted by Crippen LogP contribution is 2.40. The molecule has 8 aromatic carbocycles. The molecule has 0 saturated carbocycles. The normalized spacial score (nSPS) is 11.6. The quantitative estimate of drug-likeness (QED) is 0.172. The van der Waals surface area contributed by atoms with Crippen LogP contribution in [0.3, 0.4) is 0 Å². The molecule has 3 heterocycles. The molecule has 3 aromatic heterocycles. The number of fused-ring (bicyclic) bond motifs is 6. The first-order chi connectivity index (χ1) is 27.8. The van der Waals surface area contributed by atoms with Crippen LogP contribution in [0.25, 0.3) is 106 Å². The summed E-state index contributed by atoms with van der Waals surface area (Å²) in [5.41, 5.74) is 12.3. The maximum absolute atomic E-state index is 6.46. The average Bonchev–Trinajstić information content (AvgIpc) is 3.83. The average molecular weight is 717 g/mol. The van der Waals surface area contributed by atoms with Crippen LogP contribution in [-0.4, -0.2) is 19.5 Å². The van der Waals surface area contributed by atoms with E-state index in [4.69, 9.17) is 19.4 Å². The molecule has 0 aliphatic carbocycles. The van der Waals surface area contributed by atoms with Crippen molar-refractivity contribution < 1.29 is 4.42 Å². The SMILES string of the molecule is c1ccc(-c2nc(-c3ccccc3)nc(-c3ccccc3-c3ccc(-n4c5ccccc5c5ccc(-c6cccc7c6oc6ccccc67)cc54)cc3)n2)cc1. The zero-order chi connectivity index (χ0) is 37.0. The van der Waals surface area contributed by atoms with Crippen LogP contribution in [0, 0.1) is 0 Å². The molecule has 0 bridgehead atoms. The molecule has 0 aliphatic heterocycles. The lowest BCUT2D eigenvalue weighted by molar-refractivity contribution is 0.670. The number of hydrogen-bond acceptors (Lipinski definition) is 4. The molecule has 0 unspecified atom stereocenters. The van der Waals surface area contributed by atoms with E-state index < -0.39 is 0 Å². The zero-order valence-electron chi connectivity index (χ0n) is 30.2. The van der Waals surface area contributed by atoms with Gasteiger partial charge in [0.2, 0.25) is 0 Å². The second kappa shape index (κ2) is 13.0. The summed E-state index contributed by atoms with van der Waals surface area (Å²) in [7, 11) is 0. The van der Waals surface area contributed by atoms with Crippen molar-refractivity contribution in [1.29, 1.82) is 0 Å². The fraction of sp³-hybridized carbons (Fsp3) is 0. The Bertz CT molecular complexity index is 3180. The Hall–Kier alpha value is -7.63. The summed E-state index contributed by atoms with van der Waals surface area (Å²) < 4.78 is 8.83. The molecule has 0 N–H and O–H groups in total. The standard InChI is InChI=1S/C51H32N4O/c1-3-14-34(15-4-1)49-52-50(35-16-5-2-6-17-35)54-51(53-49)44-21-8-7-18-38(44)33-26-29-37(30-27-33)55-45-24-11-9-19-40(45)41-31-28-36(32-46(41)55)39-22-13-23-43-42-20-10-12-25-47(42)56-48(39)43/h1-32H. The van der Waals surface area contributed by atoms with Gasteiger partial charge in [-0.3, -0.25) is 0 Å². The fourth-order valence-electron chi connectivity index (χ4n) is 8.04. The number of nitrogens with zero attached hydrogens (tertiary/aromatic N) is 4. The Morgan fingerprint density at radius 1 is 0.339 bits per heavy atom. The minimum Gasteiger partial charge on any atom is -0.455 e. The van der Waals surface area contributed by atoms with Crippen LogP contribution in [0.1, 0.15) is 0 Å². The molecule has 5 nitrogen and oxygen atoms in total. The van der Waals surface area contributed by atoms with E-state index in [1.165, 1.54) is 10.8 Å². The van der Waals surface area contributed by atoms with E-state index in [0.29, 0.717) is 17.5 Å². The molecule has 56 heavy (non-hydrogen) atoms. The van der Waals surface area contributed by atoms with Gasteiger partial charge in [0.15, 0.2) is 17.5 Å². The van der Waals surface area contributed by atoms with Crippen molar-refractivity contribution in [2.24, 2.45) is 0 Å². The lowest BCUT2D eigenvalue weighted by atomic mass is 9.98. The summed E-state index contributed by atoms with van der Waals surface area (Å²) in [6.45, 7) is 0. The van der Waals surface area contributed by atoms with Crippen molar-refractivity contribution in [1.82, 2.24) is 19.5 Å². The third-order valence-corrected chi connectivity index (χ3v) is 10.7. The first-order valence-corrected chi connectivity index (χ1v) is 18.8. The minimum absolute atomic E-state index is 0.631. The van der Waals surface area contributed by atoms with Crippen LogP contribution < -0.4 is 0 Å². The molecular weight excluding hydrogens is 685 g/mol. The molecule has 5 heteroatoms. The van der Waals surface area contributed by atoms with E-state index in [2.05, 4.69) is 120 Å². The maximum atomic E-state index is 6.46. The number of hydrogen-bond donors (Lipinski definition) is 0. The van der Waals surface area contributed by atoms with Gasteiger partial charge in [0.05, 0.1) is 11.0 Å². The fourth-order valence-corrected chi connectivity index (χ4v) is 8.04. The lowest BCUT2D eigenvalue weighted by Gasteiger charge is -2.13. The van der Waals surface area contributed by atoms with Crippen molar-refractivity contribution in [2.45, 2.75) is 0 Å². The second-order valence-corrected chi connectivity index (χ2v) is 14.0. The van der Waals surface area contributed by atoms with Crippen molar-refractivity contribution in [2.75, 3.05) is 0 Å². The van der Waals surface area contributed by atoms with Crippen LogP contribution in [-0.2, 0) is 0 Å². The summed E-state index contributed by atoms with van der Waals surface area (Å²) >= 11 is 0. The van der Waals surface area contributed by atoms with Gasteiger partial charge in [-0.15, -0.1) is 0 Å². The van der Waals surface area contributed by atoms with Crippen LogP contribution in [0.2, 0.25) is 0 Å². The van der Waals surface area contributed by atoms with Gasteiger partial charge < -0.3 is 8.98 Å². The molecule has 0 radical (unpaired) electrons. The van der Waals surface area contributed by atoms with Gasteiger partial charge in [-0.1, -0.05) is 164 Å². The molecule has 11 rings (SSSR count). The van der Waals surface area contributed by atoms with Crippen LogP contribution in [0.15, 0.2) is 199 Å². The van der Waals surface area contributed by atoms with Crippen LogP contribution in [0.4, 0.5) is 0 Å². The zero-order valence-corrected chi connectivity index (χ0v) is 30.2. The van der Waals surface area contributed by atoms with Gasteiger partial charge >= 0.3 is 0 Å². The first kappa shape index (κ1) is 31.9. The highest BCUT2D eigenvalue weighted by molar-refractivity contribution is 6.13. The van der Waals surface area contributed by atoms with Gasteiger partial charge in [-0.2, -0.15) is 0 Å². The summed E-state index contributed by atoms with van der Waals surface area (Å²) in [5.74, 6) is 1.91. The third kappa shape index (κ3) is 5.29. The van der Waals surface area contributed by atoms with E-state index in [1.54, 1.807) is 0 Å². The third-order valence-electron chi connectivity index (χ3n) is 10.7. The number of rotatable bonds is 6.